The molecule has 0 saturated carbocycles. The molecular formula is C33H33Cl3SiTi. The van der Waals surface area contributed by atoms with Crippen LogP contribution in [0.5, 0.6) is 0 Å². The average Bonchev–Trinajstić information content (AvgIpc) is 3.10. The van der Waals surface area contributed by atoms with Crippen molar-refractivity contribution in [1.82, 2.24) is 0 Å². The molecule has 0 radical (unpaired) electrons. The fourth-order valence-corrected chi connectivity index (χ4v) is 14.9. The van der Waals surface area contributed by atoms with Crippen LogP contribution >= 0.6 is 0 Å². The molecule has 0 aliphatic heterocycles. The Labute approximate surface area is 260 Å². The zero-order valence-electron chi connectivity index (χ0n) is 22.8. The molecule has 1 atom stereocenters. The molecule has 0 N–H and O–H groups in total. The molecule has 0 aromatic heterocycles. The molecule has 194 valence electrons. The molecule has 0 heterocycles. The Hall–Kier alpha value is -1.58. The van der Waals surface area contributed by atoms with Gasteiger partial charge in [-0.1, -0.05) is 0 Å². The minimum absolute atomic E-state index is 0. The molecule has 0 spiro atoms. The van der Waals surface area contributed by atoms with Gasteiger partial charge in [0.2, 0.25) is 0 Å². The fourth-order valence-electron chi connectivity index (χ4n) is 6.39. The van der Waals surface area contributed by atoms with Crippen LogP contribution in [0.1, 0.15) is 44.5 Å². The Morgan fingerprint density at radius 1 is 0.526 bits per heavy atom. The van der Waals surface area contributed by atoms with E-state index < -0.39 is 8.07 Å². The van der Waals surface area contributed by atoms with Crippen LogP contribution in [0.3, 0.4) is 0 Å². The molecule has 0 amide bonds. The second-order valence-electron chi connectivity index (χ2n) is 10.6. The van der Waals surface area contributed by atoms with Crippen LogP contribution in [-0.2, 0) is 23.8 Å². The van der Waals surface area contributed by atoms with E-state index in [0.29, 0.717) is 0 Å². The van der Waals surface area contributed by atoms with Crippen molar-refractivity contribution in [2.24, 2.45) is 0 Å². The first kappa shape index (κ1) is 32.6. The first-order valence-corrected chi connectivity index (χ1v) is 15.2. The SMILES string of the molecule is Cc1cc(C)cc([Si](c2cc(C)cc(C)c2)(c2cc(C)cc(C)c2)[C]2([Ti+3])C=Cc3ccccc32)c1.[Cl-].[Cl-].[Cl-]. The van der Waals surface area contributed by atoms with Gasteiger partial charge in [0, 0.05) is 0 Å². The Morgan fingerprint density at radius 3 is 1.24 bits per heavy atom. The molecule has 0 saturated heterocycles. The van der Waals surface area contributed by atoms with E-state index in [1.165, 1.54) is 60.1 Å². The zero-order chi connectivity index (χ0) is 25.0. The summed E-state index contributed by atoms with van der Waals surface area (Å²) in [5.41, 5.74) is 10.8. The van der Waals surface area contributed by atoms with E-state index in [4.69, 9.17) is 0 Å². The van der Waals surface area contributed by atoms with Gasteiger partial charge in [0.05, 0.1) is 0 Å². The molecule has 4 aromatic rings. The molecule has 38 heavy (non-hydrogen) atoms. The standard InChI is InChI=1S/C33H33Si.3ClH.Ti/c1-22-13-23(2)17-29(16-22)34(30-18-24(3)14-25(4)19-30,31-20-26(5)15-27(6)21-31)33-12-11-28-9-7-8-10-32(28)33;;;;/h7-21H,1-6H3;3*1H;/q;;;;+3/p-3. The molecule has 5 heteroatoms. The summed E-state index contributed by atoms with van der Waals surface area (Å²) >= 11 is 2.51. The van der Waals surface area contributed by atoms with Crippen LogP contribution < -0.4 is 52.8 Å². The van der Waals surface area contributed by atoms with Crippen molar-refractivity contribution >= 4 is 29.7 Å². The van der Waals surface area contributed by atoms with E-state index in [9.17, 15) is 0 Å². The van der Waals surface area contributed by atoms with Crippen molar-refractivity contribution in [3.8, 4) is 0 Å². The van der Waals surface area contributed by atoms with E-state index in [1.54, 1.807) is 0 Å². The Kier molecular flexibility index (Phi) is 10.6. The number of rotatable bonds is 4. The molecule has 0 nitrogen and oxygen atoms in total. The number of halogens is 3. The summed E-state index contributed by atoms with van der Waals surface area (Å²) in [5, 5.41) is 4.48. The molecular weight excluding hydrogens is 579 g/mol. The summed E-state index contributed by atoms with van der Waals surface area (Å²) in [7, 11) is -2.64. The maximum absolute atomic E-state index is 2.64. The maximum Gasteiger partial charge on any atom is -1.00 e. The second kappa shape index (κ2) is 12.3. The van der Waals surface area contributed by atoms with Crippen molar-refractivity contribution in [2.75, 3.05) is 0 Å². The Balaban J connectivity index is 0.00000169. The largest absolute Gasteiger partial charge is 1.00 e. The Bertz CT molecular complexity index is 1310. The van der Waals surface area contributed by atoms with Crippen LogP contribution in [0.4, 0.5) is 0 Å². The Morgan fingerprint density at radius 2 is 0.868 bits per heavy atom. The van der Waals surface area contributed by atoms with Crippen molar-refractivity contribution in [3.05, 3.63) is 129 Å². The summed E-state index contributed by atoms with van der Waals surface area (Å²) in [4.78, 5) is 0. The number of fused-ring (bicyclic) bond motifs is 1. The van der Waals surface area contributed by atoms with E-state index in [0.717, 1.165) is 0 Å². The van der Waals surface area contributed by atoms with Crippen LogP contribution in [-0.4, -0.2) is 8.07 Å². The van der Waals surface area contributed by atoms with E-state index in [1.807, 2.05) is 0 Å². The van der Waals surface area contributed by atoms with E-state index >= 15 is 0 Å². The summed E-state index contributed by atoms with van der Waals surface area (Å²) in [5.74, 6) is 0. The molecule has 5 rings (SSSR count). The van der Waals surface area contributed by atoms with Crippen LogP contribution in [0.25, 0.3) is 6.08 Å². The first-order valence-electron chi connectivity index (χ1n) is 12.4. The third-order valence-corrected chi connectivity index (χ3v) is 15.0. The molecule has 1 aliphatic carbocycles. The fraction of sp³-hybridized carbons (Fsp3) is 0.212. The van der Waals surface area contributed by atoms with E-state index in [2.05, 4.69) is 153 Å². The van der Waals surface area contributed by atoms with E-state index in [-0.39, 0.29) is 40.6 Å². The van der Waals surface area contributed by atoms with Crippen LogP contribution in [0.15, 0.2) is 84.9 Å². The van der Waals surface area contributed by atoms with Gasteiger partial charge in [-0.25, -0.2) is 0 Å². The van der Waals surface area contributed by atoms with Crippen molar-refractivity contribution in [3.63, 3.8) is 0 Å². The summed E-state index contributed by atoms with van der Waals surface area (Å²) in [6.45, 7) is 13.5. The number of benzene rings is 4. The predicted molar refractivity (Wildman–Crippen MR) is 150 cm³/mol. The van der Waals surface area contributed by atoms with Crippen molar-refractivity contribution in [2.45, 2.75) is 44.9 Å². The first-order chi connectivity index (χ1) is 16.6. The van der Waals surface area contributed by atoms with Gasteiger partial charge >= 0.3 is 224 Å². The third kappa shape index (κ3) is 5.39. The van der Waals surface area contributed by atoms with Crippen molar-refractivity contribution in [1.29, 1.82) is 0 Å². The van der Waals surface area contributed by atoms with Gasteiger partial charge in [-0.05, 0) is 0 Å². The summed E-state index contributed by atoms with van der Waals surface area (Å²) in [6, 6.07) is 30.8. The van der Waals surface area contributed by atoms with Gasteiger partial charge in [-0.15, -0.1) is 0 Å². The summed E-state index contributed by atoms with van der Waals surface area (Å²) in [6.07, 6.45) is 4.89. The van der Waals surface area contributed by atoms with Crippen molar-refractivity contribution < 1.29 is 57.7 Å². The molecule has 1 aliphatic rings. The van der Waals surface area contributed by atoms with Gasteiger partial charge in [-0.2, -0.15) is 0 Å². The predicted octanol–water partition coefficient (Wildman–Crippen LogP) is -2.97. The number of allylic oxidation sites excluding steroid dienone is 1. The summed E-state index contributed by atoms with van der Waals surface area (Å²) < 4.78 is -0.135. The molecule has 1 unspecified atom stereocenters. The normalized spacial score (nSPS) is 15.7. The topological polar surface area (TPSA) is 0 Å². The minimum Gasteiger partial charge on any atom is -1.00 e. The van der Waals surface area contributed by atoms with Crippen LogP contribution in [0, 0.1) is 41.5 Å². The zero-order valence-corrected chi connectivity index (χ0v) is 27.6. The number of hydrogen-bond donors (Lipinski definition) is 0. The van der Waals surface area contributed by atoms with Gasteiger partial charge in [0.1, 0.15) is 0 Å². The quantitative estimate of drug-likeness (QED) is 0.171. The smallest absolute Gasteiger partial charge is 1.00 e. The monoisotopic (exact) mass is 610 g/mol. The van der Waals surface area contributed by atoms with Gasteiger partial charge in [0.15, 0.2) is 0 Å². The van der Waals surface area contributed by atoms with Gasteiger partial charge < -0.3 is 37.2 Å². The second-order valence-corrected chi connectivity index (χ2v) is 16.6. The number of hydrogen-bond acceptors (Lipinski definition) is 0. The third-order valence-electron chi connectivity index (χ3n) is 7.45. The minimum atomic E-state index is -2.64. The maximum atomic E-state index is 2.52. The van der Waals surface area contributed by atoms with Gasteiger partial charge in [-0.3, -0.25) is 0 Å². The number of aryl methyl sites for hydroxylation is 6. The molecule has 4 aromatic carbocycles. The molecule has 0 fully saturated rings. The molecule has 0 bridgehead atoms. The van der Waals surface area contributed by atoms with Gasteiger partial charge in [0.25, 0.3) is 0 Å². The van der Waals surface area contributed by atoms with Crippen LogP contribution in [0.2, 0.25) is 0 Å². The average molecular weight is 612 g/mol.